The molecule has 0 spiro atoms. The van der Waals surface area contributed by atoms with E-state index < -0.39 is 0 Å². The van der Waals surface area contributed by atoms with Crippen LogP contribution >= 0.6 is 0 Å². The maximum Gasteiger partial charge on any atom is 0.143 e. The van der Waals surface area contributed by atoms with E-state index in [-0.39, 0.29) is 5.41 Å². The second-order valence-corrected chi connectivity index (χ2v) is 16.4. The minimum atomic E-state index is -0.324. The van der Waals surface area contributed by atoms with Crippen LogP contribution in [0.2, 0.25) is 0 Å². The van der Waals surface area contributed by atoms with Crippen LogP contribution < -0.4 is 10.4 Å². The van der Waals surface area contributed by atoms with Crippen LogP contribution in [-0.2, 0) is 5.41 Å². The molecule has 1 heterocycles. The minimum Gasteiger partial charge on any atom is -0.455 e. The molecule has 0 fully saturated rings. The Morgan fingerprint density at radius 2 is 1.17 bits per heavy atom. The van der Waals surface area contributed by atoms with Crippen LogP contribution in [0.5, 0.6) is 0 Å². The number of fused-ring (bicyclic) bond motifs is 8. The summed E-state index contributed by atoms with van der Waals surface area (Å²) in [4.78, 5) is 0. The van der Waals surface area contributed by atoms with Gasteiger partial charge in [0.05, 0.1) is 0 Å². The third-order valence-electron chi connectivity index (χ3n) is 12.7. The lowest BCUT2D eigenvalue weighted by molar-refractivity contribution is 0.658. The second kappa shape index (κ2) is 15.2. The van der Waals surface area contributed by atoms with Crippen molar-refractivity contribution in [3.8, 4) is 0 Å². The van der Waals surface area contributed by atoms with Gasteiger partial charge in [-0.1, -0.05) is 192 Å². The molecule has 1 nitrogen and oxygen atoms in total. The molecule has 8 aromatic rings. The van der Waals surface area contributed by atoms with Crippen molar-refractivity contribution < 1.29 is 4.42 Å². The van der Waals surface area contributed by atoms with Crippen molar-refractivity contribution in [3.05, 3.63) is 245 Å². The van der Waals surface area contributed by atoms with E-state index in [1.54, 1.807) is 0 Å². The molecule has 9 rings (SSSR count). The Balaban J connectivity index is 1.23. The fourth-order valence-corrected chi connectivity index (χ4v) is 9.27. The zero-order chi connectivity index (χ0) is 41.7. The largest absolute Gasteiger partial charge is 0.455 e. The number of allylic oxidation sites excluding steroid dienone is 4. The van der Waals surface area contributed by atoms with Gasteiger partial charge in [0.1, 0.15) is 11.2 Å². The van der Waals surface area contributed by atoms with E-state index >= 15 is 0 Å². The molecule has 0 saturated heterocycles. The number of hydrogen-bond donors (Lipinski definition) is 0. The van der Waals surface area contributed by atoms with E-state index in [9.17, 15) is 0 Å². The van der Waals surface area contributed by atoms with Crippen LogP contribution in [-0.4, -0.2) is 0 Å². The van der Waals surface area contributed by atoms with Crippen molar-refractivity contribution in [3.63, 3.8) is 0 Å². The van der Waals surface area contributed by atoms with E-state index in [0.29, 0.717) is 0 Å². The van der Waals surface area contributed by atoms with Crippen molar-refractivity contribution in [2.24, 2.45) is 0 Å². The Labute approximate surface area is 353 Å². The molecule has 1 aliphatic carbocycles. The summed E-state index contributed by atoms with van der Waals surface area (Å²) in [5, 5.41) is 9.15. The Morgan fingerprint density at radius 1 is 0.583 bits per heavy atom. The molecule has 290 valence electrons. The van der Waals surface area contributed by atoms with Crippen molar-refractivity contribution in [1.82, 2.24) is 0 Å². The van der Waals surface area contributed by atoms with Crippen molar-refractivity contribution in [2.45, 2.75) is 33.1 Å². The molecule has 7 aromatic carbocycles. The number of benzene rings is 6. The van der Waals surface area contributed by atoms with Gasteiger partial charge in [0.15, 0.2) is 0 Å². The van der Waals surface area contributed by atoms with E-state index in [1.807, 2.05) is 18.2 Å². The highest BCUT2D eigenvalue weighted by Gasteiger charge is 2.39. The first kappa shape index (κ1) is 38.3. The van der Waals surface area contributed by atoms with E-state index in [1.165, 1.54) is 22.1 Å². The molecule has 0 bridgehead atoms. The molecule has 0 N–H and O–H groups in total. The molecule has 1 aromatic heterocycles. The third-order valence-corrected chi connectivity index (χ3v) is 12.7. The lowest BCUT2D eigenvalue weighted by Crippen LogP contribution is -2.28. The molecule has 0 saturated carbocycles. The van der Waals surface area contributed by atoms with Gasteiger partial charge in [-0.25, -0.2) is 0 Å². The van der Waals surface area contributed by atoms with Crippen LogP contribution in [0, 0.1) is 0 Å². The summed E-state index contributed by atoms with van der Waals surface area (Å²) in [6, 6.07) is 55.7. The Morgan fingerprint density at radius 3 is 1.92 bits per heavy atom. The highest BCUT2D eigenvalue weighted by Crippen LogP contribution is 2.53. The topological polar surface area (TPSA) is 13.1 Å². The third kappa shape index (κ3) is 6.26. The summed E-state index contributed by atoms with van der Waals surface area (Å²) < 4.78 is 6.62. The lowest BCUT2D eigenvalue weighted by atomic mass is 9.80. The average Bonchev–Trinajstić information content (AvgIpc) is 3.75. The monoisotopic (exact) mass is 772 g/mol. The smallest absolute Gasteiger partial charge is 0.143 e. The van der Waals surface area contributed by atoms with Gasteiger partial charge in [0, 0.05) is 21.6 Å². The van der Waals surface area contributed by atoms with Gasteiger partial charge in [0.25, 0.3) is 0 Å². The summed E-state index contributed by atoms with van der Waals surface area (Å²) in [5.74, 6) is 0. The first-order valence-corrected chi connectivity index (χ1v) is 20.6. The highest BCUT2D eigenvalue weighted by molar-refractivity contribution is 6.18. The molecule has 60 heavy (non-hydrogen) atoms. The molecular weight excluding hydrogens is 725 g/mol. The zero-order valence-corrected chi connectivity index (χ0v) is 34.9. The maximum absolute atomic E-state index is 6.62. The Hall–Kier alpha value is -7.22. The Kier molecular flexibility index (Phi) is 9.69. The minimum absolute atomic E-state index is 0.324. The van der Waals surface area contributed by atoms with Gasteiger partial charge in [-0.3, -0.25) is 0 Å². The van der Waals surface area contributed by atoms with Crippen molar-refractivity contribution >= 4 is 71.9 Å². The van der Waals surface area contributed by atoms with Gasteiger partial charge in [0.2, 0.25) is 0 Å². The Bertz CT molecular complexity index is 3370. The molecule has 0 radical (unpaired) electrons. The van der Waals surface area contributed by atoms with Crippen LogP contribution in [0.25, 0.3) is 71.9 Å². The summed E-state index contributed by atoms with van der Waals surface area (Å²) in [6.07, 6.45) is 4.15. The number of rotatable bonds is 6. The summed E-state index contributed by atoms with van der Waals surface area (Å²) in [6.45, 7) is 27.2. The van der Waals surface area contributed by atoms with Crippen LogP contribution in [0.15, 0.2) is 206 Å². The molecular formula is C59H48O. The highest BCUT2D eigenvalue weighted by atomic mass is 16.3. The fourth-order valence-electron chi connectivity index (χ4n) is 9.27. The van der Waals surface area contributed by atoms with E-state index in [0.717, 1.165) is 98.7 Å². The first-order valence-electron chi connectivity index (χ1n) is 20.6. The lowest BCUT2D eigenvalue weighted by Gasteiger charge is -2.22. The zero-order valence-electron chi connectivity index (χ0n) is 34.9. The number of furan rings is 1. The SMILES string of the molecule is C=Cc1ccccc1C(=C)c1ccccccc(/C(C)=c2\cccc\c2=C(\C)C(=C)/C=C2\C(=C)C(C)(C)c3c2ccc2ccc4c5ccccc5oc4c32)c2ccccc12. The second-order valence-electron chi connectivity index (χ2n) is 16.4. The predicted molar refractivity (Wildman–Crippen MR) is 260 cm³/mol. The number of para-hydroxylation sites is 1. The van der Waals surface area contributed by atoms with Gasteiger partial charge in [-0.2, -0.15) is 0 Å². The van der Waals surface area contributed by atoms with Crippen LogP contribution in [0.4, 0.5) is 0 Å². The molecule has 0 amide bonds. The van der Waals surface area contributed by atoms with Crippen molar-refractivity contribution in [1.29, 1.82) is 0 Å². The summed E-state index contributed by atoms with van der Waals surface area (Å²) >= 11 is 0. The summed E-state index contributed by atoms with van der Waals surface area (Å²) in [7, 11) is 0. The summed E-state index contributed by atoms with van der Waals surface area (Å²) in [5.41, 5.74) is 14.6. The normalized spacial score (nSPS) is 14.9. The maximum atomic E-state index is 6.62. The van der Waals surface area contributed by atoms with E-state index in [2.05, 4.69) is 193 Å². The quantitative estimate of drug-likeness (QED) is 0.164. The van der Waals surface area contributed by atoms with Gasteiger partial charge in [-0.05, 0) is 125 Å². The van der Waals surface area contributed by atoms with Crippen molar-refractivity contribution in [2.75, 3.05) is 0 Å². The predicted octanol–water partition coefficient (Wildman–Crippen LogP) is 14.6. The fraction of sp³-hybridized carbons (Fsp3) is 0.0847. The van der Waals surface area contributed by atoms with E-state index in [4.69, 9.17) is 17.6 Å². The van der Waals surface area contributed by atoms with Gasteiger partial charge < -0.3 is 4.42 Å². The van der Waals surface area contributed by atoms with Gasteiger partial charge >= 0.3 is 0 Å². The molecule has 1 heteroatoms. The molecule has 0 aliphatic heterocycles. The van der Waals surface area contributed by atoms with Crippen LogP contribution in [0.3, 0.4) is 0 Å². The van der Waals surface area contributed by atoms with Gasteiger partial charge in [-0.15, -0.1) is 0 Å². The van der Waals surface area contributed by atoms with Crippen LogP contribution in [0.1, 0.15) is 61.1 Å². The standard InChI is InChI=1S/C59H48O/c1-9-42-22-14-15-23-44(42)39(4)47-24-12-10-11-13-25-48(50-29-19-18-28-49(47)50)40(5)46-27-17-16-26-45(46)38(3)37(2)36-54-41(6)59(7,8)57-52(54)34-32-43-33-35-53-51-30-20-21-31-55(51)60-58(53)56(43)57/h9-36H,1-2,4,6H2,3,5,7-8H3/b11-10?,12-10?,13-11?,24-12?,25-13?,45-38+,46-40+,47-24?,48-25?,49-47?,50-48?,54-36+. The molecule has 0 unspecified atom stereocenters. The molecule has 1 aliphatic rings. The first-order chi connectivity index (χ1) is 29.1. The average molecular weight is 773 g/mol. The number of hydrogen-bond acceptors (Lipinski definition) is 1. The molecule has 0 atom stereocenters.